The first-order valence-corrected chi connectivity index (χ1v) is 17.6. The molecule has 13 heteroatoms. The SMILES string of the molecule is O=C1[C@H](Cc2cnn[nH]2)O[C@H](c2cccc(Cl)c2)[C@@H](c2ccc(Cl)cc2)N1C(CN(c1ccccc1F)S(=O)(=O)C1CC1)C1CC1. The summed E-state index contributed by atoms with van der Waals surface area (Å²) in [5, 5.41) is 10.9. The molecule has 2 heterocycles. The van der Waals surface area contributed by atoms with Gasteiger partial charge in [0.1, 0.15) is 18.0 Å². The number of nitrogens with zero attached hydrogens (tertiary/aromatic N) is 4. The molecule has 1 saturated heterocycles. The third-order valence-electron chi connectivity index (χ3n) is 8.94. The number of nitrogens with one attached hydrogen (secondary N) is 1. The zero-order chi connectivity index (χ0) is 32.0. The maximum Gasteiger partial charge on any atom is 0.253 e. The van der Waals surface area contributed by atoms with Gasteiger partial charge in [0.25, 0.3) is 5.91 Å². The van der Waals surface area contributed by atoms with Crippen LogP contribution in [0.2, 0.25) is 10.0 Å². The molecule has 1 unspecified atom stereocenters. The van der Waals surface area contributed by atoms with Gasteiger partial charge in [0, 0.05) is 16.5 Å². The monoisotopic (exact) mass is 683 g/mol. The third kappa shape index (κ3) is 6.25. The molecule has 1 amide bonds. The van der Waals surface area contributed by atoms with Crippen LogP contribution in [-0.2, 0) is 26.0 Å². The molecule has 0 radical (unpaired) electrons. The van der Waals surface area contributed by atoms with Gasteiger partial charge in [-0.3, -0.25) is 14.2 Å². The molecule has 9 nitrogen and oxygen atoms in total. The van der Waals surface area contributed by atoms with E-state index in [-0.39, 0.29) is 30.5 Å². The minimum absolute atomic E-state index is 0.00462. The smallest absolute Gasteiger partial charge is 0.253 e. The molecule has 3 aromatic carbocycles. The normalized spacial score (nSPS) is 22.5. The average Bonchev–Trinajstić information content (AvgIpc) is 3.98. The van der Waals surface area contributed by atoms with Gasteiger partial charge < -0.3 is 9.64 Å². The van der Waals surface area contributed by atoms with Crippen LogP contribution >= 0.6 is 23.2 Å². The Bertz CT molecular complexity index is 1820. The Kier molecular flexibility index (Phi) is 8.52. The Morgan fingerprint density at radius 2 is 1.74 bits per heavy atom. The second-order valence-electron chi connectivity index (χ2n) is 12.2. The van der Waals surface area contributed by atoms with E-state index in [4.69, 9.17) is 27.9 Å². The number of carbonyl (C=O) groups excluding carboxylic acids is 1. The molecule has 3 fully saturated rings. The number of ether oxygens (including phenoxy) is 1. The van der Waals surface area contributed by atoms with Crippen LogP contribution in [0.1, 0.15) is 54.6 Å². The highest BCUT2D eigenvalue weighted by Gasteiger charge is 2.52. The summed E-state index contributed by atoms with van der Waals surface area (Å²) in [6.45, 7) is -0.0964. The summed E-state index contributed by atoms with van der Waals surface area (Å²) in [4.78, 5) is 16.5. The van der Waals surface area contributed by atoms with Crippen molar-refractivity contribution in [2.75, 3.05) is 10.8 Å². The molecule has 4 aromatic rings. The fourth-order valence-corrected chi connectivity index (χ4v) is 8.58. The average molecular weight is 685 g/mol. The lowest BCUT2D eigenvalue weighted by molar-refractivity contribution is -0.179. The van der Waals surface area contributed by atoms with E-state index >= 15 is 4.39 Å². The maximum atomic E-state index is 15.4. The Hall–Kier alpha value is -3.51. The number of hydrogen-bond donors (Lipinski definition) is 1. The molecule has 240 valence electrons. The summed E-state index contributed by atoms with van der Waals surface area (Å²) in [5.41, 5.74) is 2.11. The molecule has 1 aromatic heterocycles. The zero-order valence-corrected chi connectivity index (χ0v) is 27.0. The number of benzene rings is 3. The van der Waals surface area contributed by atoms with E-state index in [0.717, 1.165) is 24.0 Å². The number of carbonyl (C=O) groups is 1. The van der Waals surface area contributed by atoms with Gasteiger partial charge in [0.15, 0.2) is 0 Å². The topological polar surface area (TPSA) is 108 Å². The molecule has 2 saturated carbocycles. The van der Waals surface area contributed by atoms with Crippen LogP contribution in [0, 0.1) is 11.7 Å². The summed E-state index contributed by atoms with van der Waals surface area (Å²) in [5.74, 6) is -0.942. The number of rotatable bonds is 11. The van der Waals surface area contributed by atoms with Crippen molar-refractivity contribution in [2.45, 2.75) is 61.6 Å². The second-order valence-corrected chi connectivity index (χ2v) is 15.2. The maximum absolute atomic E-state index is 15.4. The quantitative estimate of drug-likeness (QED) is 0.199. The number of H-pyrrole nitrogens is 1. The molecule has 7 rings (SSSR count). The lowest BCUT2D eigenvalue weighted by atomic mass is 9.89. The number of morpholine rings is 1. The van der Waals surface area contributed by atoms with Gasteiger partial charge >= 0.3 is 0 Å². The van der Waals surface area contributed by atoms with Crippen molar-refractivity contribution in [3.8, 4) is 0 Å². The van der Waals surface area contributed by atoms with Crippen molar-refractivity contribution in [3.05, 3.63) is 112 Å². The van der Waals surface area contributed by atoms with E-state index in [1.807, 2.05) is 30.3 Å². The van der Waals surface area contributed by atoms with Gasteiger partial charge in [-0.25, -0.2) is 12.8 Å². The molecule has 4 atom stereocenters. The second kappa shape index (κ2) is 12.6. The van der Waals surface area contributed by atoms with Gasteiger partial charge in [0.2, 0.25) is 10.0 Å². The number of halogens is 3. The van der Waals surface area contributed by atoms with Crippen molar-refractivity contribution in [2.24, 2.45) is 5.92 Å². The Balaban J connectivity index is 1.37. The van der Waals surface area contributed by atoms with Crippen LogP contribution in [0.25, 0.3) is 0 Å². The number of amides is 1. The van der Waals surface area contributed by atoms with Gasteiger partial charge in [-0.05, 0) is 79.1 Å². The van der Waals surface area contributed by atoms with Crippen molar-refractivity contribution < 1.29 is 22.3 Å². The molecule has 1 aliphatic heterocycles. The minimum Gasteiger partial charge on any atom is -0.358 e. The first kappa shape index (κ1) is 31.1. The van der Waals surface area contributed by atoms with Gasteiger partial charge in [-0.2, -0.15) is 0 Å². The largest absolute Gasteiger partial charge is 0.358 e. The minimum atomic E-state index is -3.91. The molecular weight excluding hydrogens is 652 g/mol. The summed E-state index contributed by atoms with van der Waals surface area (Å²) in [6.07, 6.45) is 2.72. The van der Waals surface area contributed by atoms with E-state index in [1.54, 1.807) is 35.4 Å². The fourth-order valence-electron chi connectivity index (χ4n) is 6.38. The fraction of sp³-hybridized carbons (Fsp3) is 0.364. The lowest BCUT2D eigenvalue weighted by Crippen LogP contribution is -2.59. The van der Waals surface area contributed by atoms with Crippen LogP contribution in [0.4, 0.5) is 10.1 Å². The zero-order valence-electron chi connectivity index (χ0n) is 24.7. The number of para-hydroxylation sites is 1. The van der Waals surface area contributed by atoms with Crippen LogP contribution in [0.5, 0.6) is 0 Å². The van der Waals surface area contributed by atoms with Crippen molar-refractivity contribution >= 4 is 44.8 Å². The van der Waals surface area contributed by atoms with Gasteiger partial charge in [-0.15, -0.1) is 5.10 Å². The Morgan fingerprint density at radius 1 is 0.978 bits per heavy atom. The summed E-state index contributed by atoms with van der Waals surface area (Å²) in [7, 11) is -3.91. The van der Waals surface area contributed by atoms with Gasteiger partial charge in [0.05, 0.1) is 41.5 Å². The first-order chi connectivity index (χ1) is 22.2. The highest BCUT2D eigenvalue weighted by atomic mass is 35.5. The van der Waals surface area contributed by atoms with Crippen LogP contribution in [-0.4, -0.2) is 58.6 Å². The van der Waals surface area contributed by atoms with Gasteiger partial charge in [-0.1, -0.05) is 64.8 Å². The van der Waals surface area contributed by atoms with Crippen LogP contribution < -0.4 is 4.31 Å². The molecule has 3 aliphatic rings. The van der Waals surface area contributed by atoms with E-state index < -0.39 is 45.4 Å². The molecular formula is C33H32Cl2FN5O4S. The predicted molar refractivity (Wildman–Crippen MR) is 172 cm³/mol. The Morgan fingerprint density at radius 3 is 2.39 bits per heavy atom. The van der Waals surface area contributed by atoms with Crippen molar-refractivity contribution in [3.63, 3.8) is 0 Å². The lowest BCUT2D eigenvalue weighted by Gasteiger charge is -2.49. The van der Waals surface area contributed by atoms with Crippen molar-refractivity contribution in [1.29, 1.82) is 0 Å². The number of aromatic amines is 1. The third-order valence-corrected chi connectivity index (χ3v) is 11.7. The predicted octanol–water partition coefficient (Wildman–Crippen LogP) is 6.28. The van der Waals surface area contributed by atoms with E-state index in [1.165, 1.54) is 22.5 Å². The molecule has 1 N–H and O–H groups in total. The number of anilines is 1. The number of aromatic nitrogens is 3. The number of sulfonamides is 1. The van der Waals surface area contributed by atoms with Crippen LogP contribution in [0.3, 0.4) is 0 Å². The highest BCUT2D eigenvalue weighted by Crippen LogP contribution is 2.49. The summed E-state index contributed by atoms with van der Waals surface area (Å²) >= 11 is 12.8. The first-order valence-electron chi connectivity index (χ1n) is 15.3. The molecule has 46 heavy (non-hydrogen) atoms. The summed E-state index contributed by atoms with van der Waals surface area (Å²) in [6, 6.07) is 19.2. The highest BCUT2D eigenvalue weighted by molar-refractivity contribution is 7.93. The molecule has 0 spiro atoms. The summed E-state index contributed by atoms with van der Waals surface area (Å²) < 4.78 is 51.2. The van der Waals surface area contributed by atoms with Crippen LogP contribution in [0.15, 0.2) is 79.0 Å². The standard InChI is InChI=1S/C33H32Cl2FN5O4S/c34-23-12-10-21(11-13-23)31-32(22-4-3-5-24(35)16-22)45-30(17-25-18-37-39-38-25)33(42)41(31)29(20-8-9-20)19-40(46(43,44)26-14-15-26)28-7-2-1-6-27(28)36/h1-7,10-13,16,18,20,26,29-32H,8-9,14-15,17,19H2,(H,37,38,39)/t29?,30-,31+,32+/m0/s1. The Labute approximate surface area is 276 Å². The van der Waals surface area contributed by atoms with E-state index in [0.29, 0.717) is 28.6 Å². The van der Waals surface area contributed by atoms with Crippen molar-refractivity contribution in [1.82, 2.24) is 20.3 Å². The molecule has 0 bridgehead atoms. The number of hydrogen-bond acceptors (Lipinski definition) is 6. The van der Waals surface area contributed by atoms with E-state index in [2.05, 4.69) is 15.4 Å². The van der Waals surface area contributed by atoms with E-state index in [9.17, 15) is 13.2 Å². The molecule has 2 aliphatic carbocycles.